The molecular formula is C30H33ClN2O3. The second-order valence-corrected chi connectivity index (χ2v) is 10.1. The normalized spacial score (nSPS) is 19.8. The van der Waals surface area contributed by atoms with E-state index in [2.05, 4.69) is 21.9 Å². The number of carbonyl (C=O) groups is 1. The Hall–Kier alpha value is -2.70. The Bertz CT molecular complexity index is 1130. The Balaban J connectivity index is 1.10. The number of halogens is 1. The summed E-state index contributed by atoms with van der Waals surface area (Å²) < 4.78 is 12.1. The van der Waals surface area contributed by atoms with E-state index >= 15 is 0 Å². The molecule has 188 valence electrons. The van der Waals surface area contributed by atoms with Crippen molar-refractivity contribution >= 4 is 17.4 Å². The fraction of sp³-hybridized carbons (Fsp3) is 0.367. The zero-order chi connectivity index (χ0) is 24.7. The average molecular weight is 505 g/mol. The molecule has 2 fully saturated rings. The van der Waals surface area contributed by atoms with E-state index in [1.54, 1.807) is 0 Å². The Morgan fingerprint density at radius 3 is 2.44 bits per heavy atom. The first-order valence-corrected chi connectivity index (χ1v) is 13.2. The number of ether oxygens (including phenoxy) is 2. The maximum absolute atomic E-state index is 12.8. The number of piperidine rings is 1. The second kappa shape index (κ2) is 12.0. The Labute approximate surface area is 218 Å². The second-order valence-electron chi connectivity index (χ2n) is 9.66. The van der Waals surface area contributed by atoms with Crippen LogP contribution in [-0.2, 0) is 11.3 Å². The van der Waals surface area contributed by atoms with Crippen LogP contribution in [0.2, 0.25) is 5.02 Å². The zero-order valence-electron chi connectivity index (χ0n) is 20.5. The van der Waals surface area contributed by atoms with Crippen LogP contribution in [0.1, 0.15) is 34.3 Å². The molecule has 2 saturated heterocycles. The topological polar surface area (TPSA) is 42.0 Å². The predicted octanol–water partition coefficient (Wildman–Crippen LogP) is 5.32. The first kappa shape index (κ1) is 25.0. The maximum Gasteiger partial charge on any atom is 0.193 e. The van der Waals surface area contributed by atoms with Crippen molar-refractivity contribution in [2.24, 2.45) is 0 Å². The third-order valence-electron chi connectivity index (χ3n) is 7.13. The van der Waals surface area contributed by atoms with Crippen LogP contribution in [0.25, 0.3) is 0 Å². The van der Waals surface area contributed by atoms with Gasteiger partial charge in [0.15, 0.2) is 5.78 Å². The van der Waals surface area contributed by atoms with E-state index in [0.717, 1.165) is 44.4 Å². The molecule has 5 nitrogen and oxygen atoms in total. The summed E-state index contributed by atoms with van der Waals surface area (Å²) in [5, 5.41) is 0.789. The first-order valence-electron chi connectivity index (χ1n) is 12.8. The molecule has 3 aromatic rings. The molecule has 36 heavy (non-hydrogen) atoms. The Morgan fingerprint density at radius 1 is 0.917 bits per heavy atom. The third-order valence-corrected chi connectivity index (χ3v) is 7.38. The zero-order valence-corrected chi connectivity index (χ0v) is 21.3. The maximum atomic E-state index is 12.8. The van der Waals surface area contributed by atoms with Crippen molar-refractivity contribution in [3.8, 4) is 5.75 Å². The number of rotatable bonds is 8. The van der Waals surface area contributed by atoms with Gasteiger partial charge in [-0.25, -0.2) is 0 Å². The molecule has 0 saturated carbocycles. The van der Waals surface area contributed by atoms with Crippen LogP contribution in [0.5, 0.6) is 5.75 Å². The van der Waals surface area contributed by atoms with Crippen molar-refractivity contribution < 1.29 is 14.3 Å². The lowest BCUT2D eigenvalue weighted by atomic mass is 10.0. The number of ketones is 1. The van der Waals surface area contributed by atoms with Crippen LogP contribution < -0.4 is 4.74 Å². The minimum Gasteiger partial charge on any atom is -0.491 e. The molecular weight excluding hydrogens is 472 g/mol. The number of carbonyl (C=O) groups excluding carboxylic acids is 1. The van der Waals surface area contributed by atoms with Gasteiger partial charge in [0.2, 0.25) is 0 Å². The number of morpholine rings is 1. The van der Waals surface area contributed by atoms with Crippen LogP contribution in [0.15, 0.2) is 78.9 Å². The summed E-state index contributed by atoms with van der Waals surface area (Å²) in [6.45, 7) is 6.25. The lowest BCUT2D eigenvalue weighted by Crippen LogP contribution is -2.52. The van der Waals surface area contributed by atoms with Crippen molar-refractivity contribution in [3.63, 3.8) is 0 Å². The van der Waals surface area contributed by atoms with Crippen molar-refractivity contribution in [2.45, 2.75) is 31.5 Å². The van der Waals surface area contributed by atoms with Crippen LogP contribution in [-0.4, -0.2) is 67.1 Å². The fourth-order valence-corrected chi connectivity index (χ4v) is 5.26. The molecule has 1 unspecified atom stereocenters. The van der Waals surface area contributed by atoms with Gasteiger partial charge < -0.3 is 9.47 Å². The molecule has 0 aliphatic carbocycles. The van der Waals surface area contributed by atoms with Crippen LogP contribution in [0.3, 0.4) is 0 Å². The lowest BCUT2D eigenvalue weighted by molar-refractivity contribution is -0.0674. The first-order chi connectivity index (χ1) is 17.6. The highest BCUT2D eigenvalue weighted by Crippen LogP contribution is 2.22. The molecule has 2 aliphatic rings. The van der Waals surface area contributed by atoms with Gasteiger partial charge in [-0.3, -0.25) is 14.6 Å². The van der Waals surface area contributed by atoms with Crippen molar-refractivity contribution in [3.05, 3.63) is 101 Å². The number of nitrogens with zero attached hydrogens (tertiary/aromatic N) is 2. The van der Waals surface area contributed by atoms with E-state index in [-0.39, 0.29) is 11.9 Å². The standard InChI is InChI=1S/C30H33ClN2O3/c31-26-11-9-23(10-12-26)20-32-15-13-27(14-16-32)33-17-18-35-29(21-33)22-36-28-8-4-7-25(19-28)30(34)24-5-2-1-3-6-24/h1-12,19,27,29H,13-18,20-22H2. The van der Waals surface area contributed by atoms with Crippen LogP contribution >= 0.6 is 11.6 Å². The summed E-state index contributed by atoms with van der Waals surface area (Å²) >= 11 is 6.02. The van der Waals surface area contributed by atoms with Gasteiger partial charge in [-0.15, -0.1) is 0 Å². The van der Waals surface area contributed by atoms with Gasteiger partial charge in [-0.05, 0) is 55.8 Å². The molecule has 6 heteroatoms. The van der Waals surface area contributed by atoms with Crippen molar-refractivity contribution in [2.75, 3.05) is 39.4 Å². The predicted molar refractivity (Wildman–Crippen MR) is 143 cm³/mol. The molecule has 0 spiro atoms. The molecule has 0 N–H and O–H groups in total. The molecule has 2 aliphatic heterocycles. The number of hydrogen-bond donors (Lipinski definition) is 0. The minimum absolute atomic E-state index is 0.00328. The van der Waals surface area contributed by atoms with E-state index in [0.29, 0.717) is 29.5 Å². The number of likely N-dealkylation sites (tertiary alicyclic amines) is 1. The van der Waals surface area contributed by atoms with Crippen LogP contribution in [0, 0.1) is 0 Å². The Kier molecular flexibility index (Phi) is 8.34. The van der Waals surface area contributed by atoms with Gasteiger partial charge in [0, 0.05) is 41.8 Å². The van der Waals surface area contributed by atoms with Gasteiger partial charge >= 0.3 is 0 Å². The molecule has 0 radical (unpaired) electrons. The summed E-state index contributed by atoms with van der Waals surface area (Å²) in [6, 6.07) is 25.5. The quantitative estimate of drug-likeness (QED) is 0.389. The van der Waals surface area contributed by atoms with Gasteiger partial charge in [0.05, 0.1) is 6.61 Å². The average Bonchev–Trinajstić information content (AvgIpc) is 2.94. The highest BCUT2D eigenvalue weighted by atomic mass is 35.5. The Morgan fingerprint density at radius 2 is 1.67 bits per heavy atom. The third kappa shape index (κ3) is 6.54. The van der Waals surface area contributed by atoms with Crippen LogP contribution in [0.4, 0.5) is 0 Å². The molecule has 3 aromatic carbocycles. The smallest absolute Gasteiger partial charge is 0.193 e. The van der Waals surface area contributed by atoms with E-state index in [4.69, 9.17) is 21.1 Å². The van der Waals surface area contributed by atoms with Crippen molar-refractivity contribution in [1.29, 1.82) is 0 Å². The SMILES string of the molecule is O=C(c1ccccc1)c1cccc(OCC2CN(C3CCN(Cc4ccc(Cl)cc4)CC3)CCO2)c1. The summed E-state index contributed by atoms with van der Waals surface area (Å²) in [5.41, 5.74) is 2.63. The summed E-state index contributed by atoms with van der Waals surface area (Å²) in [4.78, 5) is 17.9. The van der Waals surface area contributed by atoms with Gasteiger partial charge in [0.25, 0.3) is 0 Å². The lowest BCUT2D eigenvalue weighted by Gasteiger charge is -2.42. The molecule has 1 atom stereocenters. The largest absolute Gasteiger partial charge is 0.491 e. The van der Waals surface area contributed by atoms with Crippen molar-refractivity contribution in [1.82, 2.24) is 9.80 Å². The van der Waals surface area contributed by atoms with Gasteiger partial charge in [-0.2, -0.15) is 0 Å². The summed E-state index contributed by atoms with van der Waals surface area (Å²) in [5.74, 6) is 0.705. The highest BCUT2D eigenvalue weighted by Gasteiger charge is 2.29. The van der Waals surface area contributed by atoms with E-state index in [9.17, 15) is 4.79 Å². The van der Waals surface area contributed by atoms with E-state index < -0.39 is 0 Å². The fourth-order valence-electron chi connectivity index (χ4n) is 5.14. The molecule has 5 rings (SSSR count). The van der Waals surface area contributed by atoms with Gasteiger partial charge in [0.1, 0.15) is 18.5 Å². The summed E-state index contributed by atoms with van der Waals surface area (Å²) in [6.07, 6.45) is 2.37. The molecule has 0 bridgehead atoms. The molecule has 0 amide bonds. The molecule has 2 heterocycles. The highest BCUT2D eigenvalue weighted by molar-refractivity contribution is 6.30. The summed E-state index contributed by atoms with van der Waals surface area (Å²) in [7, 11) is 0. The molecule has 0 aromatic heterocycles. The van der Waals surface area contributed by atoms with E-state index in [1.807, 2.05) is 66.7 Å². The van der Waals surface area contributed by atoms with E-state index in [1.165, 1.54) is 18.4 Å². The number of hydrogen-bond acceptors (Lipinski definition) is 5. The minimum atomic E-state index is 0.00328. The monoisotopic (exact) mass is 504 g/mol. The van der Waals surface area contributed by atoms with Gasteiger partial charge in [-0.1, -0.05) is 66.2 Å². The number of benzene rings is 3.